The van der Waals surface area contributed by atoms with Crippen LogP contribution in [0.3, 0.4) is 0 Å². The van der Waals surface area contributed by atoms with Crippen molar-refractivity contribution in [3.05, 3.63) is 24.2 Å². The van der Waals surface area contributed by atoms with Gasteiger partial charge in [-0.3, -0.25) is 9.59 Å². The summed E-state index contributed by atoms with van der Waals surface area (Å²) in [6.45, 7) is 0.402. The van der Waals surface area contributed by atoms with Crippen molar-refractivity contribution < 1.29 is 19.1 Å². The molecule has 0 atom stereocenters. The zero-order valence-electron chi connectivity index (χ0n) is 8.88. The summed E-state index contributed by atoms with van der Waals surface area (Å²) in [4.78, 5) is 23.3. The number of carbonyl (C=O) groups is 2. The third-order valence-corrected chi connectivity index (χ3v) is 2.75. The average molecular weight is 243 g/mol. The predicted molar refractivity (Wildman–Crippen MR) is 60.1 cm³/mol. The van der Waals surface area contributed by atoms with Crippen molar-refractivity contribution in [2.45, 2.75) is 6.54 Å². The van der Waals surface area contributed by atoms with Crippen LogP contribution < -0.4 is 0 Å². The lowest BCUT2D eigenvalue weighted by Gasteiger charge is -2.14. The fourth-order valence-corrected chi connectivity index (χ4v) is 1.73. The first-order valence-electron chi connectivity index (χ1n) is 4.65. The summed E-state index contributed by atoms with van der Waals surface area (Å²) in [5.41, 5.74) is 0. The van der Waals surface area contributed by atoms with Gasteiger partial charge in [-0.05, 0) is 12.1 Å². The molecule has 88 valence electrons. The molecule has 6 heteroatoms. The highest BCUT2D eigenvalue weighted by Gasteiger charge is 2.11. The van der Waals surface area contributed by atoms with Crippen molar-refractivity contribution in [3.8, 4) is 0 Å². The molecule has 0 saturated heterocycles. The van der Waals surface area contributed by atoms with E-state index in [0.717, 1.165) is 11.8 Å². The normalized spacial score (nSPS) is 10.1. The number of rotatable bonds is 6. The van der Waals surface area contributed by atoms with Gasteiger partial charge in [-0.15, -0.1) is 11.8 Å². The fourth-order valence-electron chi connectivity index (χ4n) is 1.06. The van der Waals surface area contributed by atoms with Crippen LogP contribution in [0.15, 0.2) is 22.8 Å². The molecule has 0 aliphatic carbocycles. The maximum atomic E-state index is 11.5. The Balaban J connectivity index is 2.28. The number of furan rings is 1. The van der Waals surface area contributed by atoms with E-state index in [1.165, 1.54) is 4.90 Å². The first-order valence-corrected chi connectivity index (χ1v) is 5.81. The number of carbonyl (C=O) groups excluding carboxylic acids is 1. The molecule has 1 rings (SSSR count). The highest BCUT2D eigenvalue weighted by Crippen LogP contribution is 2.06. The van der Waals surface area contributed by atoms with Crippen LogP contribution in [-0.4, -0.2) is 40.4 Å². The third kappa shape index (κ3) is 4.39. The lowest BCUT2D eigenvalue weighted by molar-refractivity contribution is -0.133. The van der Waals surface area contributed by atoms with Gasteiger partial charge in [0, 0.05) is 7.05 Å². The van der Waals surface area contributed by atoms with Crippen molar-refractivity contribution in [2.75, 3.05) is 18.6 Å². The molecular formula is C10H13NO4S. The summed E-state index contributed by atoms with van der Waals surface area (Å²) < 4.78 is 5.10. The summed E-state index contributed by atoms with van der Waals surface area (Å²) in [6, 6.07) is 3.54. The van der Waals surface area contributed by atoms with E-state index in [1.807, 2.05) is 0 Å². The second kappa shape index (κ2) is 6.22. The summed E-state index contributed by atoms with van der Waals surface area (Å²) in [7, 11) is 1.66. The van der Waals surface area contributed by atoms with Crippen LogP contribution in [0.25, 0.3) is 0 Å². The highest BCUT2D eigenvalue weighted by atomic mass is 32.2. The highest BCUT2D eigenvalue weighted by molar-refractivity contribution is 8.00. The quantitative estimate of drug-likeness (QED) is 0.808. The van der Waals surface area contributed by atoms with Crippen molar-refractivity contribution in [1.82, 2.24) is 4.90 Å². The number of thioether (sulfide) groups is 1. The van der Waals surface area contributed by atoms with Gasteiger partial charge in [0.2, 0.25) is 5.91 Å². The maximum absolute atomic E-state index is 11.5. The fraction of sp³-hybridized carbons (Fsp3) is 0.400. The zero-order chi connectivity index (χ0) is 12.0. The minimum absolute atomic E-state index is 0.0552. The molecule has 0 aliphatic rings. The van der Waals surface area contributed by atoms with Crippen LogP contribution in [0.2, 0.25) is 0 Å². The molecular weight excluding hydrogens is 230 g/mol. The molecule has 5 nitrogen and oxygen atoms in total. The van der Waals surface area contributed by atoms with E-state index in [2.05, 4.69) is 0 Å². The Labute approximate surface area is 97.4 Å². The second-order valence-corrected chi connectivity index (χ2v) is 4.20. The van der Waals surface area contributed by atoms with E-state index in [9.17, 15) is 9.59 Å². The molecule has 0 aliphatic heterocycles. The van der Waals surface area contributed by atoms with E-state index in [1.54, 1.807) is 25.4 Å². The summed E-state index contributed by atoms with van der Waals surface area (Å²) in [6.07, 6.45) is 1.55. The van der Waals surface area contributed by atoms with E-state index in [-0.39, 0.29) is 17.4 Å². The van der Waals surface area contributed by atoms with Crippen molar-refractivity contribution in [2.24, 2.45) is 0 Å². The Morgan fingerprint density at radius 1 is 1.50 bits per heavy atom. The van der Waals surface area contributed by atoms with Crippen molar-refractivity contribution >= 4 is 23.6 Å². The summed E-state index contributed by atoms with van der Waals surface area (Å²) in [5, 5.41) is 8.41. The van der Waals surface area contributed by atoms with Gasteiger partial charge >= 0.3 is 5.97 Å². The van der Waals surface area contributed by atoms with E-state index >= 15 is 0 Å². The van der Waals surface area contributed by atoms with Crippen LogP contribution in [0.1, 0.15) is 5.76 Å². The van der Waals surface area contributed by atoms with Crippen LogP contribution >= 0.6 is 11.8 Å². The number of aliphatic carboxylic acids is 1. The van der Waals surface area contributed by atoms with Gasteiger partial charge in [-0.1, -0.05) is 0 Å². The lowest BCUT2D eigenvalue weighted by Crippen LogP contribution is -2.28. The number of nitrogens with zero attached hydrogens (tertiary/aromatic N) is 1. The van der Waals surface area contributed by atoms with Gasteiger partial charge in [0.15, 0.2) is 0 Å². The Kier molecular flexibility index (Phi) is 4.91. The molecule has 0 saturated carbocycles. The molecule has 0 radical (unpaired) electrons. The zero-order valence-corrected chi connectivity index (χ0v) is 9.70. The number of hydrogen-bond acceptors (Lipinski definition) is 4. The van der Waals surface area contributed by atoms with Gasteiger partial charge in [-0.2, -0.15) is 0 Å². The number of hydrogen-bond donors (Lipinski definition) is 1. The Hall–Kier alpha value is -1.43. The smallest absolute Gasteiger partial charge is 0.313 e. The summed E-state index contributed by atoms with van der Waals surface area (Å²) >= 11 is 1.09. The standard InChI is InChI=1S/C10H13NO4S/c1-11(5-8-3-2-4-15-8)9(12)6-16-7-10(13)14/h2-4H,5-7H2,1H3,(H,13,14). The van der Waals surface area contributed by atoms with Crippen molar-refractivity contribution in [1.29, 1.82) is 0 Å². The topological polar surface area (TPSA) is 70.8 Å². The number of carboxylic acid groups (broad SMARTS) is 1. The molecule has 0 aromatic carbocycles. The second-order valence-electron chi connectivity index (χ2n) is 3.22. The Morgan fingerprint density at radius 3 is 2.81 bits per heavy atom. The molecule has 0 unspecified atom stereocenters. The first-order chi connectivity index (χ1) is 7.59. The van der Waals surface area contributed by atoms with Crippen molar-refractivity contribution in [3.63, 3.8) is 0 Å². The molecule has 1 heterocycles. The predicted octanol–water partition coefficient (Wildman–Crippen LogP) is 1.06. The molecule has 0 spiro atoms. The minimum atomic E-state index is -0.911. The molecule has 1 N–H and O–H groups in total. The molecule has 1 aromatic rings. The molecule has 1 amide bonds. The Bertz CT molecular complexity index is 350. The van der Waals surface area contributed by atoms with E-state index in [0.29, 0.717) is 12.3 Å². The SMILES string of the molecule is CN(Cc1ccco1)C(=O)CSCC(=O)O. The molecule has 0 bridgehead atoms. The summed E-state index contributed by atoms with van der Waals surface area (Å²) in [5.74, 6) is -0.197. The maximum Gasteiger partial charge on any atom is 0.313 e. The largest absolute Gasteiger partial charge is 0.481 e. The number of carboxylic acids is 1. The van der Waals surface area contributed by atoms with Gasteiger partial charge in [0.25, 0.3) is 0 Å². The van der Waals surface area contributed by atoms with E-state index < -0.39 is 5.97 Å². The lowest BCUT2D eigenvalue weighted by atomic mass is 10.4. The van der Waals surface area contributed by atoms with E-state index in [4.69, 9.17) is 9.52 Å². The average Bonchev–Trinajstić information content (AvgIpc) is 2.69. The molecule has 16 heavy (non-hydrogen) atoms. The molecule has 1 aromatic heterocycles. The minimum Gasteiger partial charge on any atom is -0.481 e. The molecule has 0 fully saturated rings. The van der Waals surface area contributed by atoms with Gasteiger partial charge < -0.3 is 14.4 Å². The van der Waals surface area contributed by atoms with Crippen LogP contribution in [0, 0.1) is 0 Å². The van der Waals surface area contributed by atoms with Crippen LogP contribution in [0.4, 0.5) is 0 Å². The van der Waals surface area contributed by atoms with Crippen LogP contribution in [0.5, 0.6) is 0 Å². The van der Waals surface area contributed by atoms with Gasteiger partial charge in [0.1, 0.15) is 5.76 Å². The van der Waals surface area contributed by atoms with Crippen LogP contribution in [-0.2, 0) is 16.1 Å². The monoisotopic (exact) mass is 243 g/mol. The first kappa shape index (κ1) is 12.6. The van der Waals surface area contributed by atoms with Gasteiger partial charge in [-0.25, -0.2) is 0 Å². The van der Waals surface area contributed by atoms with Gasteiger partial charge in [0.05, 0.1) is 24.3 Å². The number of amides is 1. The Morgan fingerprint density at radius 2 is 2.25 bits per heavy atom. The third-order valence-electron chi connectivity index (χ3n) is 1.85.